The van der Waals surface area contributed by atoms with Gasteiger partial charge in [-0.25, -0.2) is 4.79 Å². The molecule has 1 aliphatic rings. The van der Waals surface area contributed by atoms with Crippen LogP contribution in [-0.4, -0.2) is 34.5 Å². The first kappa shape index (κ1) is 12.0. The van der Waals surface area contributed by atoms with Gasteiger partial charge in [-0.2, -0.15) is 0 Å². The zero-order chi connectivity index (χ0) is 11.5. The van der Waals surface area contributed by atoms with E-state index in [9.17, 15) is 14.7 Å². The number of carboxylic acids is 1. The molecular weight excluding hydrogens is 194 g/mol. The van der Waals surface area contributed by atoms with Gasteiger partial charge in [0.2, 0.25) is 6.41 Å². The quantitative estimate of drug-likeness (QED) is 0.704. The number of amides is 1. The Bertz CT molecular complexity index is 254. The second-order valence-corrected chi connectivity index (χ2v) is 4.12. The van der Waals surface area contributed by atoms with E-state index in [1.54, 1.807) is 0 Å². The number of hydrogen-bond donors (Lipinski definition) is 1. The van der Waals surface area contributed by atoms with Gasteiger partial charge in [0.15, 0.2) is 0 Å². The molecule has 0 saturated heterocycles. The number of carbonyl (C=O) groups is 2. The van der Waals surface area contributed by atoms with E-state index in [-0.39, 0.29) is 5.92 Å². The molecule has 0 aromatic heterocycles. The third-order valence-corrected chi connectivity index (χ3v) is 3.63. The van der Waals surface area contributed by atoms with E-state index in [2.05, 4.69) is 0 Å². The van der Waals surface area contributed by atoms with Crippen LogP contribution in [0.2, 0.25) is 0 Å². The highest BCUT2D eigenvalue weighted by Gasteiger charge is 2.51. The summed E-state index contributed by atoms with van der Waals surface area (Å²) in [6.45, 7) is 4.28. The van der Waals surface area contributed by atoms with Gasteiger partial charge in [0, 0.05) is 6.54 Å². The minimum Gasteiger partial charge on any atom is -0.479 e. The third-order valence-electron chi connectivity index (χ3n) is 3.63. The fourth-order valence-corrected chi connectivity index (χ4v) is 2.84. The molecule has 0 heterocycles. The molecule has 0 aliphatic heterocycles. The molecule has 1 N–H and O–H groups in total. The fourth-order valence-electron chi connectivity index (χ4n) is 2.84. The summed E-state index contributed by atoms with van der Waals surface area (Å²) in [4.78, 5) is 23.9. The summed E-state index contributed by atoms with van der Waals surface area (Å²) < 4.78 is 0. The van der Waals surface area contributed by atoms with Crippen LogP contribution >= 0.6 is 0 Å². The summed E-state index contributed by atoms with van der Waals surface area (Å²) in [5, 5.41) is 9.40. The molecule has 0 radical (unpaired) electrons. The Kier molecular flexibility index (Phi) is 3.72. The second kappa shape index (κ2) is 4.64. The molecular formula is C11H19NO3. The van der Waals surface area contributed by atoms with E-state index >= 15 is 0 Å². The standard InChI is InChI=1S/C11H19NO3/c1-3-9-6-5-7-11(9,10(14)15)12(4-2)8-13/h8-9H,3-7H2,1-2H3,(H,14,15). The molecule has 4 heteroatoms. The Labute approximate surface area is 90.3 Å². The van der Waals surface area contributed by atoms with E-state index < -0.39 is 11.5 Å². The van der Waals surface area contributed by atoms with Crippen molar-refractivity contribution < 1.29 is 14.7 Å². The van der Waals surface area contributed by atoms with E-state index in [1.165, 1.54) is 4.90 Å². The van der Waals surface area contributed by atoms with Crippen LogP contribution < -0.4 is 0 Å². The van der Waals surface area contributed by atoms with Gasteiger partial charge in [0.25, 0.3) is 0 Å². The first-order chi connectivity index (χ1) is 7.13. The maximum absolute atomic E-state index is 11.5. The molecule has 0 spiro atoms. The van der Waals surface area contributed by atoms with Crippen LogP contribution in [0.1, 0.15) is 39.5 Å². The third kappa shape index (κ3) is 1.73. The van der Waals surface area contributed by atoms with E-state index in [4.69, 9.17) is 0 Å². The second-order valence-electron chi connectivity index (χ2n) is 4.12. The van der Waals surface area contributed by atoms with Crippen molar-refractivity contribution in [3.63, 3.8) is 0 Å². The Balaban J connectivity index is 3.06. The smallest absolute Gasteiger partial charge is 0.329 e. The maximum atomic E-state index is 11.5. The molecule has 1 aliphatic carbocycles. The Hall–Kier alpha value is -1.06. The van der Waals surface area contributed by atoms with E-state index in [1.807, 2.05) is 13.8 Å². The molecule has 0 aromatic carbocycles. The predicted octanol–water partition coefficient (Wildman–Crippen LogP) is 1.50. The zero-order valence-corrected chi connectivity index (χ0v) is 9.40. The molecule has 4 nitrogen and oxygen atoms in total. The molecule has 0 bridgehead atoms. The molecule has 15 heavy (non-hydrogen) atoms. The van der Waals surface area contributed by atoms with Gasteiger partial charge in [0.05, 0.1) is 0 Å². The van der Waals surface area contributed by atoms with Gasteiger partial charge < -0.3 is 10.0 Å². The minimum absolute atomic E-state index is 0.0974. The molecule has 1 fully saturated rings. The lowest BCUT2D eigenvalue weighted by atomic mass is 9.83. The molecule has 86 valence electrons. The zero-order valence-electron chi connectivity index (χ0n) is 9.40. The highest BCUT2D eigenvalue weighted by atomic mass is 16.4. The lowest BCUT2D eigenvalue weighted by Crippen LogP contribution is -2.56. The number of aliphatic carboxylic acids is 1. The van der Waals surface area contributed by atoms with Gasteiger partial charge in [-0.05, 0) is 25.7 Å². The van der Waals surface area contributed by atoms with Crippen molar-refractivity contribution in [3.05, 3.63) is 0 Å². The summed E-state index contributed by atoms with van der Waals surface area (Å²) >= 11 is 0. The average Bonchev–Trinajstić information content (AvgIpc) is 2.64. The number of hydrogen-bond acceptors (Lipinski definition) is 2. The number of carbonyl (C=O) groups excluding carboxylic acids is 1. The lowest BCUT2D eigenvalue weighted by molar-refractivity contribution is -0.158. The summed E-state index contributed by atoms with van der Waals surface area (Å²) in [7, 11) is 0. The highest BCUT2D eigenvalue weighted by molar-refractivity contribution is 5.82. The van der Waals surface area contributed by atoms with Crippen LogP contribution in [0.15, 0.2) is 0 Å². The lowest BCUT2D eigenvalue weighted by Gasteiger charge is -2.39. The van der Waals surface area contributed by atoms with Crippen molar-refractivity contribution in [3.8, 4) is 0 Å². The number of likely N-dealkylation sites (N-methyl/N-ethyl adjacent to an activating group) is 1. The summed E-state index contributed by atoms with van der Waals surface area (Å²) in [5.41, 5.74) is -0.939. The van der Waals surface area contributed by atoms with Crippen LogP contribution in [0.5, 0.6) is 0 Å². The van der Waals surface area contributed by atoms with E-state index in [0.717, 1.165) is 19.3 Å². The maximum Gasteiger partial charge on any atom is 0.329 e. The van der Waals surface area contributed by atoms with Gasteiger partial charge in [-0.3, -0.25) is 4.79 Å². The molecule has 1 rings (SSSR count). The monoisotopic (exact) mass is 213 g/mol. The fraction of sp³-hybridized carbons (Fsp3) is 0.818. The average molecular weight is 213 g/mol. The van der Waals surface area contributed by atoms with E-state index in [0.29, 0.717) is 19.4 Å². The Morgan fingerprint density at radius 3 is 2.67 bits per heavy atom. The van der Waals surface area contributed by atoms with Crippen molar-refractivity contribution in [2.75, 3.05) is 6.54 Å². The topological polar surface area (TPSA) is 57.6 Å². The molecule has 2 atom stereocenters. The normalized spacial score (nSPS) is 30.1. The summed E-state index contributed by atoms with van der Waals surface area (Å²) in [5.74, 6) is -0.749. The highest BCUT2D eigenvalue weighted by Crippen LogP contribution is 2.41. The van der Waals surface area contributed by atoms with Gasteiger partial charge in [0.1, 0.15) is 5.54 Å². The molecule has 2 unspecified atom stereocenters. The number of nitrogens with zero attached hydrogens (tertiary/aromatic N) is 1. The number of rotatable bonds is 5. The van der Waals surface area contributed by atoms with Crippen molar-refractivity contribution >= 4 is 12.4 Å². The minimum atomic E-state index is -0.939. The van der Waals surface area contributed by atoms with Gasteiger partial charge in [-0.1, -0.05) is 19.8 Å². The van der Waals surface area contributed by atoms with Crippen LogP contribution in [-0.2, 0) is 9.59 Å². The SMILES string of the molecule is CCC1CCCC1(C(=O)O)N(C=O)CC. The predicted molar refractivity (Wildman–Crippen MR) is 56.4 cm³/mol. The Morgan fingerprint density at radius 2 is 2.27 bits per heavy atom. The summed E-state index contributed by atoms with van der Waals surface area (Å²) in [6, 6.07) is 0. The van der Waals surface area contributed by atoms with Crippen molar-refractivity contribution in [2.24, 2.45) is 5.92 Å². The summed E-state index contributed by atoms with van der Waals surface area (Å²) in [6.07, 6.45) is 3.90. The first-order valence-corrected chi connectivity index (χ1v) is 5.58. The Morgan fingerprint density at radius 1 is 1.60 bits per heavy atom. The van der Waals surface area contributed by atoms with Crippen molar-refractivity contribution in [1.29, 1.82) is 0 Å². The number of carboxylic acid groups (broad SMARTS) is 1. The van der Waals surface area contributed by atoms with Crippen molar-refractivity contribution in [2.45, 2.75) is 45.1 Å². The van der Waals surface area contributed by atoms with Crippen LogP contribution in [0, 0.1) is 5.92 Å². The first-order valence-electron chi connectivity index (χ1n) is 5.58. The molecule has 1 saturated carbocycles. The van der Waals surface area contributed by atoms with Crippen LogP contribution in [0.3, 0.4) is 0 Å². The largest absolute Gasteiger partial charge is 0.479 e. The van der Waals surface area contributed by atoms with Crippen molar-refractivity contribution in [1.82, 2.24) is 4.90 Å². The molecule has 0 aromatic rings. The van der Waals surface area contributed by atoms with Crippen LogP contribution in [0.4, 0.5) is 0 Å². The van der Waals surface area contributed by atoms with Gasteiger partial charge >= 0.3 is 5.97 Å². The molecule has 1 amide bonds. The van der Waals surface area contributed by atoms with Crippen LogP contribution in [0.25, 0.3) is 0 Å². The van der Waals surface area contributed by atoms with Gasteiger partial charge in [-0.15, -0.1) is 0 Å².